The van der Waals surface area contributed by atoms with E-state index in [2.05, 4.69) is 26.4 Å². The zero-order valence-electron chi connectivity index (χ0n) is 20.9. The fourth-order valence-corrected chi connectivity index (χ4v) is 5.36. The summed E-state index contributed by atoms with van der Waals surface area (Å²) in [6.45, 7) is 7.45. The number of aryl methyl sites for hydroxylation is 1. The predicted octanol–water partition coefficient (Wildman–Crippen LogP) is 4.17. The monoisotopic (exact) mass is 484 g/mol. The lowest BCUT2D eigenvalue weighted by molar-refractivity contribution is 0.00493. The van der Waals surface area contributed by atoms with Gasteiger partial charge in [0, 0.05) is 19.1 Å². The number of morpholine rings is 1. The average Bonchev–Trinajstić information content (AvgIpc) is 3.31. The van der Waals surface area contributed by atoms with Crippen LogP contribution in [0.2, 0.25) is 0 Å². The Balaban J connectivity index is 1.25. The van der Waals surface area contributed by atoms with Gasteiger partial charge in [-0.05, 0) is 63.8 Å². The van der Waals surface area contributed by atoms with E-state index in [0.717, 1.165) is 69.1 Å². The second-order valence-corrected chi connectivity index (χ2v) is 9.85. The van der Waals surface area contributed by atoms with Crippen LogP contribution in [0.1, 0.15) is 53.0 Å². The number of benzene rings is 1. The first kappa shape index (κ1) is 24.2. The molecule has 1 aliphatic heterocycles. The van der Waals surface area contributed by atoms with Gasteiger partial charge in [0.05, 0.1) is 65.4 Å². The maximum Gasteiger partial charge on any atom is 0.259 e. The highest BCUT2D eigenvalue weighted by Crippen LogP contribution is 2.40. The first-order chi connectivity index (χ1) is 17.5. The molecule has 36 heavy (non-hydrogen) atoms. The van der Waals surface area contributed by atoms with Crippen LogP contribution in [0.5, 0.6) is 0 Å². The third-order valence-electron chi connectivity index (χ3n) is 7.63. The molecule has 0 spiro atoms. The second kappa shape index (κ2) is 10.2. The normalized spacial score (nSPS) is 22.6. The average molecular weight is 485 g/mol. The number of pyridine rings is 1. The lowest BCUT2D eigenvalue weighted by atomic mass is 9.71. The van der Waals surface area contributed by atoms with Crippen LogP contribution < -0.4 is 5.32 Å². The largest absolute Gasteiger partial charge is 0.379 e. The summed E-state index contributed by atoms with van der Waals surface area (Å²) in [6, 6.07) is 14.8. The molecule has 1 aromatic carbocycles. The van der Waals surface area contributed by atoms with E-state index in [1.807, 2.05) is 50.2 Å². The quantitative estimate of drug-likeness (QED) is 0.584. The number of hydrogen-bond acceptors (Lipinski definition) is 6. The Morgan fingerprint density at radius 3 is 2.44 bits per heavy atom. The standard InChI is InChI=1S/C28H32N6O2/c1-20-3-6-24(7-4-20)34-21(2)25(18-31-34)27(35)32-22-5-8-26(30-17-22)28(19-29)11-9-23(10-12-28)33-13-15-36-16-14-33/h3-8,17-18,23H,9-16H2,1-2H3,(H,32,35). The highest BCUT2D eigenvalue weighted by Gasteiger charge is 2.40. The van der Waals surface area contributed by atoms with Crippen molar-refractivity contribution in [2.24, 2.45) is 0 Å². The van der Waals surface area contributed by atoms with Gasteiger partial charge in [-0.15, -0.1) is 0 Å². The number of ether oxygens (including phenoxy) is 1. The molecule has 3 heterocycles. The summed E-state index contributed by atoms with van der Waals surface area (Å²) in [5.41, 5.74) is 4.16. The van der Waals surface area contributed by atoms with Crippen molar-refractivity contribution in [3.63, 3.8) is 0 Å². The molecule has 0 atom stereocenters. The number of carbonyl (C=O) groups excluding carboxylic acids is 1. The second-order valence-electron chi connectivity index (χ2n) is 9.85. The highest BCUT2D eigenvalue weighted by atomic mass is 16.5. The van der Waals surface area contributed by atoms with Gasteiger partial charge in [0.25, 0.3) is 5.91 Å². The number of nitrogens with one attached hydrogen (secondary N) is 1. The van der Waals surface area contributed by atoms with Crippen molar-refractivity contribution < 1.29 is 9.53 Å². The summed E-state index contributed by atoms with van der Waals surface area (Å²) >= 11 is 0. The van der Waals surface area contributed by atoms with Gasteiger partial charge in [-0.1, -0.05) is 17.7 Å². The van der Waals surface area contributed by atoms with Gasteiger partial charge in [-0.3, -0.25) is 14.7 Å². The number of nitrogens with zero attached hydrogens (tertiary/aromatic N) is 5. The molecule has 0 unspecified atom stereocenters. The van der Waals surface area contributed by atoms with Crippen molar-refractivity contribution in [1.29, 1.82) is 5.26 Å². The Kier molecular flexibility index (Phi) is 6.86. The highest BCUT2D eigenvalue weighted by molar-refractivity contribution is 6.04. The van der Waals surface area contributed by atoms with Gasteiger partial charge < -0.3 is 10.1 Å². The molecule has 2 fully saturated rings. The Hall–Kier alpha value is -3.54. The minimum Gasteiger partial charge on any atom is -0.379 e. The van der Waals surface area contributed by atoms with E-state index >= 15 is 0 Å². The van der Waals surface area contributed by atoms with Crippen LogP contribution in [0.3, 0.4) is 0 Å². The van der Waals surface area contributed by atoms with E-state index in [1.54, 1.807) is 17.1 Å². The molecule has 2 aromatic heterocycles. The van der Waals surface area contributed by atoms with Crippen LogP contribution in [-0.2, 0) is 10.2 Å². The maximum absolute atomic E-state index is 13.0. The molecule has 8 nitrogen and oxygen atoms in total. The predicted molar refractivity (Wildman–Crippen MR) is 137 cm³/mol. The minimum atomic E-state index is -0.572. The number of nitriles is 1. The van der Waals surface area contributed by atoms with Gasteiger partial charge in [0.2, 0.25) is 0 Å². The van der Waals surface area contributed by atoms with Gasteiger partial charge in [0.15, 0.2) is 0 Å². The molecular weight excluding hydrogens is 452 g/mol. The van der Waals surface area contributed by atoms with E-state index in [1.165, 1.54) is 5.56 Å². The van der Waals surface area contributed by atoms with Crippen LogP contribution in [0.25, 0.3) is 5.69 Å². The molecule has 1 saturated carbocycles. The Morgan fingerprint density at radius 1 is 1.08 bits per heavy atom. The van der Waals surface area contributed by atoms with E-state index in [0.29, 0.717) is 17.3 Å². The zero-order chi connectivity index (χ0) is 25.1. The molecular formula is C28H32N6O2. The van der Waals surface area contributed by atoms with Crippen molar-refractivity contribution in [2.45, 2.75) is 51.0 Å². The first-order valence-corrected chi connectivity index (χ1v) is 12.6. The Morgan fingerprint density at radius 2 is 1.81 bits per heavy atom. The van der Waals surface area contributed by atoms with Crippen molar-refractivity contribution >= 4 is 11.6 Å². The summed E-state index contributed by atoms with van der Waals surface area (Å²) in [5.74, 6) is -0.235. The molecule has 1 N–H and O–H groups in total. The van der Waals surface area contributed by atoms with Crippen molar-refractivity contribution in [3.8, 4) is 11.8 Å². The molecule has 1 saturated heterocycles. The molecule has 1 aliphatic carbocycles. The number of hydrogen-bond donors (Lipinski definition) is 1. The lowest BCUT2D eigenvalue weighted by Crippen LogP contribution is -2.47. The summed E-state index contributed by atoms with van der Waals surface area (Å²) in [5, 5.41) is 17.4. The molecule has 1 amide bonds. The number of aromatic nitrogens is 3. The van der Waals surface area contributed by atoms with Crippen LogP contribution in [0.15, 0.2) is 48.8 Å². The van der Waals surface area contributed by atoms with Crippen LogP contribution >= 0.6 is 0 Å². The molecule has 2 aliphatic rings. The number of carbonyl (C=O) groups is 1. The number of anilines is 1. The van der Waals surface area contributed by atoms with Crippen molar-refractivity contribution in [1.82, 2.24) is 19.7 Å². The van der Waals surface area contributed by atoms with Crippen LogP contribution in [0.4, 0.5) is 5.69 Å². The maximum atomic E-state index is 13.0. The molecule has 0 bridgehead atoms. The molecule has 8 heteroatoms. The van der Waals surface area contributed by atoms with E-state index in [9.17, 15) is 10.1 Å². The number of rotatable bonds is 5. The zero-order valence-corrected chi connectivity index (χ0v) is 20.9. The summed E-state index contributed by atoms with van der Waals surface area (Å²) in [4.78, 5) is 20.1. The SMILES string of the molecule is Cc1ccc(-n2ncc(C(=O)Nc3ccc(C4(C#N)CCC(N5CCOCC5)CC4)nc3)c2C)cc1. The topological polar surface area (TPSA) is 96.1 Å². The van der Waals surface area contributed by atoms with Crippen molar-refractivity contribution in [3.05, 3.63) is 71.3 Å². The Labute approximate surface area is 211 Å². The molecule has 186 valence electrons. The van der Waals surface area contributed by atoms with Crippen LogP contribution in [0, 0.1) is 25.2 Å². The summed E-state index contributed by atoms with van der Waals surface area (Å²) in [6.07, 6.45) is 6.79. The minimum absolute atomic E-state index is 0.235. The van der Waals surface area contributed by atoms with Crippen LogP contribution in [-0.4, -0.2) is 57.9 Å². The van der Waals surface area contributed by atoms with E-state index in [4.69, 9.17) is 4.74 Å². The molecule has 0 radical (unpaired) electrons. The first-order valence-electron chi connectivity index (χ1n) is 12.6. The third kappa shape index (κ3) is 4.77. The smallest absolute Gasteiger partial charge is 0.259 e. The van der Waals surface area contributed by atoms with Gasteiger partial charge >= 0.3 is 0 Å². The number of amides is 1. The Bertz CT molecular complexity index is 1240. The fraction of sp³-hybridized carbons (Fsp3) is 0.429. The van der Waals surface area contributed by atoms with E-state index in [-0.39, 0.29) is 5.91 Å². The molecule has 3 aromatic rings. The third-order valence-corrected chi connectivity index (χ3v) is 7.63. The van der Waals surface area contributed by atoms with Crippen molar-refractivity contribution in [2.75, 3.05) is 31.6 Å². The summed E-state index contributed by atoms with van der Waals surface area (Å²) < 4.78 is 7.25. The lowest BCUT2D eigenvalue weighted by Gasteiger charge is -2.41. The summed E-state index contributed by atoms with van der Waals surface area (Å²) in [7, 11) is 0. The van der Waals surface area contributed by atoms with Gasteiger partial charge in [0.1, 0.15) is 0 Å². The van der Waals surface area contributed by atoms with E-state index < -0.39 is 5.41 Å². The van der Waals surface area contributed by atoms with Gasteiger partial charge in [-0.2, -0.15) is 10.4 Å². The fourth-order valence-electron chi connectivity index (χ4n) is 5.36. The van der Waals surface area contributed by atoms with Gasteiger partial charge in [-0.25, -0.2) is 4.68 Å². The molecule has 5 rings (SSSR count).